The Morgan fingerprint density at radius 3 is 2.75 bits per heavy atom. The summed E-state index contributed by atoms with van der Waals surface area (Å²) in [6, 6.07) is 6.01. The first kappa shape index (κ1) is 15.9. The van der Waals surface area contributed by atoms with Gasteiger partial charge < -0.3 is 5.32 Å². The Bertz CT molecular complexity index is 583. The van der Waals surface area contributed by atoms with Crippen LogP contribution in [0.2, 0.25) is 5.02 Å². The fourth-order valence-corrected chi connectivity index (χ4v) is 3.80. The highest BCUT2D eigenvalue weighted by Gasteiger charge is 2.18. The van der Waals surface area contributed by atoms with E-state index >= 15 is 0 Å². The van der Waals surface area contributed by atoms with Gasteiger partial charge in [0.15, 0.2) is 11.6 Å². The molecule has 0 saturated heterocycles. The first-order valence-corrected chi connectivity index (χ1v) is 8.12. The molecule has 0 amide bonds. The molecule has 0 aliphatic heterocycles. The maximum absolute atomic E-state index is 13.8. The SMILES string of the molecule is CCNC(Cc1cccc(F)c1F)c1cc(Cl)c(Br)s1. The van der Waals surface area contributed by atoms with E-state index in [1.165, 1.54) is 17.4 Å². The van der Waals surface area contributed by atoms with Crippen molar-refractivity contribution < 1.29 is 8.78 Å². The summed E-state index contributed by atoms with van der Waals surface area (Å²) in [5, 5.41) is 3.91. The Morgan fingerprint density at radius 1 is 1.40 bits per heavy atom. The smallest absolute Gasteiger partial charge is 0.162 e. The Morgan fingerprint density at radius 2 is 2.15 bits per heavy atom. The second-order valence-corrected chi connectivity index (χ2v) is 7.11. The fourth-order valence-electron chi connectivity index (χ4n) is 1.98. The van der Waals surface area contributed by atoms with Crippen LogP contribution in [0.5, 0.6) is 0 Å². The summed E-state index contributed by atoms with van der Waals surface area (Å²) in [7, 11) is 0. The molecule has 108 valence electrons. The average molecular weight is 381 g/mol. The molecule has 0 fully saturated rings. The van der Waals surface area contributed by atoms with Gasteiger partial charge in [-0.25, -0.2) is 8.78 Å². The van der Waals surface area contributed by atoms with Crippen LogP contribution in [0.1, 0.15) is 23.4 Å². The van der Waals surface area contributed by atoms with Crippen LogP contribution in [0.25, 0.3) is 0 Å². The zero-order valence-corrected chi connectivity index (χ0v) is 13.9. The van der Waals surface area contributed by atoms with E-state index in [0.717, 1.165) is 21.3 Å². The summed E-state index contributed by atoms with van der Waals surface area (Å²) in [4.78, 5) is 0.993. The number of hydrogen-bond acceptors (Lipinski definition) is 2. The first-order valence-electron chi connectivity index (χ1n) is 6.14. The van der Waals surface area contributed by atoms with E-state index in [0.29, 0.717) is 17.0 Å². The number of halogens is 4. The minimum atomic E-state index is -0.817. The minimum absolute atomic E-state index is 0.0925. The molecule has 1 unspecified atom stereocenters. The summed E-state index contributed by atoms with van der Waals surface area (Å²) < 4.78 is 27.9. The lowest BCUT2D eigenvalue weighted by Gasteiger charge is -2.17. The molecule has 0 aliphatic rings. The maximum Gasteiger partial charge on any atom is 0.162 e. The zero-order chi connectivity index (χ0) is 14.7. The predicted molar refractivity (Wildman–Crippen MR) is 83.5 cm³/mol. The van der Waals surface area contributed by atoms with Gasteiger partial charge in [0.05, 0.1) is 8.81 Å². The first-order chi connectivity index (χ1) is 9.52. The molecular formula is C14H13BrClF2NS. The van der Waals surface area contributed by atoms with Crippen molar-refractivity contribution in [3.8, 4) is 0 Å². The summed E-state index contributed by atoms with van der Waals surface area (Å²) >= 11 is 10.9. The van der Waals surface area contributed by atoms with Gasteiger partial charge in [0.25, 0.3) is 0 Å². The van der Waals surface area contributed by atoms with E-state index in [2.05, 4.69) is 21.2 Å². The van der Waals surface area contributed by atoms with Crippen LogP contribution in [0.15, 0.2) is 28.1 Å². The van der Waals surface area contributed by atoms with Gasteiger partial charge in [-0.3, -0.25) is 0 Å². The van der Waals surface area contributed by atoms with E-state index in [-0.39, 0.29) is 6.04 Å². The molecule has 1 heterocycles. The second-order valence-electron chi connectivity index (χ2n) is 4.30. The van der Waals surface area contributed by atoms with E-state index in [1.54, 1.807) is 6.07 Å². The fraction of sp³-hybridized carbons (Fsp3) is 0.286. The van der Waals surface area contributed by atoms with Gasteiger partial charge in [0, 0.05) is 10.9 Å². The van der Waals surface area contributed by atoms with Crippen molar-refractivity contribution >= 4 is 38.9 Å². The molecule has 2 rings (SSSR count). The Labute approximate surface area is 134 Å². The van der Waals surface area contributed by atoms with Crippen LogP contribution in [0.3, 0.4) is 0 Å². The highest BCUT2D eigenvalue weighted by atomic mass is 79.9. The van der Waals surface area contributed by atoms with E-state index in [1.807, 2.05) is 13.0 Å². The summed E-state index contributed by atoms with van der Waals surface area (Å²) in [5.41, 5.74) is 0.358. The molecule has 1 N–H and O–H groups in total. The highest BCUT2D eigenvalue weighted by Crippen LogP contribution is 2.36. The summed E-state index contributed by atoms with van der Waals surface area (Å²) in [6.07, 6.45) is 0.376. The Kier molecular flexibility index (Phi) is 5.55. The molecule has 0 saturated carbocycles. The number of hydrogen-bond donors (Lipinski definition) is 1. The van der Waals surface area contributed by atoms with Gasteiger partial charge in [0.1, 0.15) is 0 Å². The highest BCUT2D eigenvalue weighted by molar-refractivity contribution is 9.11. The molecule has 6 heteroatoms. The van der Waals surface area contributed by atoms with Crippen LogP contribution in [-0.4, -0.2) is 6.54 Å². The number of nitrogens with one attached hydrogen (secondary N) is 1. The lowest BCUT2D eigenvalue weighted by atomic mass is 10.0. The maximum atomic E-state index is 13.8. The lowest BCUT2D eigenvalue weighted by molar-refractivity contribution is 0.483. The summed E-state index contributed by atoms with van der Waals surface area (Å²) in [5.74, 6) is -1.60. The van der Waals surface area contributed by atoms with Crippen LogP contribution in [0.4, 0.5) is 8.78 Å². The molecule has 1 aromatic carbocycles. The molecule has 0 spiro atoms. The molecule has 0 radical (unpaired) electrons. The largest absolute Gasteiger partial charge is 0.309 e. The van der Waals surface area contributed by atoms with Gasteiger partial charge in [0.2, 0.25) is 0 Å². The van der Waals surface area contributed by atoms with Crippen molar-refractivity contribution in [2.75, 3.05) is 6.54 Å². The van der Waals surface area contributed by atoms with Crippen LogP contribution >= 0.6 is 38.9 Å². The van der Waals surface area contributed by atoms with Crippen molar-refractivity contribution in [2.24, 2.45) is 0 Å². The molecule has 1 nitrogen and oxygen atoms in total. The topological polar surface area (TPSA) is 12.0 Å². The molecule has 1 atom stereocenters. The third-order valence-electron chi connectivity index (χ3n) is 2.91. The molecule has 1 aromatic heterocycles. The van der Waals surface area contributed by atoms with E-state index < -0.39 is 11.6 Å². The predicted octanol–water partition coefficient (Wildman–Crippen LogP) is 5.34. The average Bonchev–Trinajstić information content (AvgIpc) is 2.74. The Balaban J connectivity index is 2.27. The van der Waals surface area contributed by atoms with Crippen molar-refractivity contribution in [3.05, 3.63) is 55.1 Å². The molecular weight excluding hydrogens is 368 g/mol. The molecule has 20 heavy (non-hydrogen) atoms. The van der Waals surface area contributed by atoms with Gasteiger partial charge in [-0.1, -0.05) is 30.7 Å². The quantitative estimate of drug-likeness (QED) is 0.738. The number of benzene rings is 1. The lowest BCUT2D eigenvalue weighted by Crippen LogP contribution is -2.22. The van der Waals surface area contributed by atoms with Crippen LogP contribution in [-0.2, 0) is 6.42 Å². The van der Waals surface area contributed by atoms with Crippen LogP contribution < -0.4 is 5.32 Å². The number of rotatable bonds is 5. The second kappa shape index (κ2) is 6.98. The van der Waals surface area contributed by atoms with Crippen LogP contribution in [0, 0.1) is 11.6 Å². The monoisotopic (exact) mass is 379 g/mol. The third-order valence-corrected chi connectivity index (χ3v) is 5.50. The van der Waals surface area contributed by atoms with E-state index in [4.69, 9.17) is 11.6 Å². The van der Waals surface area contributed by atoms with Gasteiger partial charge in [-0.15, -0.1) is 11.3 Å². The van der Waals surface area contributed by atoms with E-state index in [9.17, 15) is 8.78 Å². The van der Waals surface area contributed by atoms with Gasteiger partial charge >= 0.3 is 0 Å². The molecule has 0 bridgehead atoms. The van der Waals surface area contributed by atoms with Crippen molar-refractivity contribution in [3.63, 3.8) is 0 Å². The van der Waals surface area contributed by atoms with Crippen molar-refractivity contribution in [1.29, 1.82) is 0 Å². The Hall–Kier alpha value is -0.490. The minimum Gasteiger partial charge on any atom is -0.309 e. The third kappa shape index (κ3) is 3.58. The normalized spacial score (nSPS) is 12.7. The molecule has 0 aliphatic carbocycles. The number of thiophene rings is 1. The zero-order valence-electron chi connectivity index (χ0n) is 10.7. The number of likely N-dealkylation sites (N-methyl/N-ethyl adjacent to an activating group) is 1. The van der Waals surface area contributed by atoms with Crippen molar-refractivity contribution in [1.82, 2.24) is 5.32 Å². The van der Waals surface area contributed by atoms with Crippen molar-refractivity contribution in [2.45, 2.75) is 19.4 Å². The summed E-state index contributed by atoms with van der Waals surface area (Å²) in [6.45, 7) is 2.70. The van der Waals surface area contributed by atoms with Gasteiger partial charge in [-0.2, -0.15) is 0 Å². The van der Waals surface area contributed by atoms with Gasteiger partial charge in [-0.05, 0) is 46.6 Å². The molecule has 2 aromatic rings. The standard InChI is InChI=1S/C14H13BrClF2NS/c1-2-19-11(12-7-9(16)14(15)20-12)6-8-4-3-5-10(17)13(8)18/h3-5,7,11,19H,2,6H2,1H3.